The van der Waals surface area contributed by atoms with Gasteiger partial charge in [-0.25, -0.2) is 4.68 Å². The minimum absolute atomic E-state index is 0. The van der Waals surface area contributed by atoms with E-state index < -0.39 is 4.92 Å². The highest BCUT2D eigenvalue weighted by atomic mass is 127. The predicted molar refractivity (Wildman–Crippen MR) is 126 cm³/mol. The van der Waals surface area contributed by atoms with E-state index in [4.69, 9.17) is 0 Å². The zero-order valence-corrected chi connectivity index (χ0v) is 19.4. The number of aromatic nitrogens is 4. The van der Waals surface area contributed by atoms with E-state index in [1.54, 1.807) is 7.05 Å². The van der Waals surface area contributed by atoms with Crippen molar-refractivity contribution in [2.45, 2.75) is 26.9 Å². The van der Waals surface area contributed by atoms with Gasteiger partial charge in [-0.1, -0.05) is 18.2 Å². The summed E-state index contributed by atoms with van der Waals surface area (Å²) in [5.41, 5.74) is 4.13. The van der Waals surface area contributed by atoms with Crippen molar-refractivity contribution in [2.75, 3.05) is 13.6 Å². The molecule has 0 fully saturated rings. The van der Waals surface area contributed by atoms with E-state index in [2.05, 4.69) is 31.9 Å². The first-order valence-electron chi connectivity index (χ1n) is 9.21. The molecule has 0 bridgehead atoms. The molecule has 3 aromatic rings. The van der Waals surface area contributed by atoms with Crippen LogP contribution in [0.2, 0.25) is 0 Å². The molecule has 0 unspecified atom stereocenters. The molecule has 30 heavy (non-hydrogen) atoms. The number of para-hydroxylation sites is 1. The van der Waals surface area contributed by atoms with Crippen molar-refractivity contribution in [3.8, 4) is 5.69 Å². The molecular formula is C19H25IN8O2. The maximum Gasteiger partial charge on any atom is 0.306 e. The molecule has 10 nitrogen and oxygen atoms in total. The third-order valence-electron chi connectivity index (χ3n) is 4.36. The molecule has 0 aliphatic carbocycles. The van der Waals surface area contributed by atoms with Crippen LogP contribution in [-0.4, -0.2) is 44.0 Å². The average molecular weight is 524 g/mol. The molecule has 2 aromatic heterocycles. The first kappa shape index (κ1) is 23.3. The Morgan fingerprint density at radius 3 is 2.67 bits per heavy atom. The van der Waals surface area contributed by atoms with Crippen LogP contribution in [0, 0.1) is 24.0 Å². The van der Waals surface area contributed by atoms with Crippen molar-refractivity contribution < 1.29 is 4.92 Å². The van der Waals surface area contributed by atoms with Crippen LogP contribution >= 0.6 is 24.0 Å². The number of halogens is 1. The summed E-state index contributed by atoms with van der Waals surface area (Å²) in [6.07, 6.45) is 2.64. The third-order valence-corrected chi connectivity index (χ3v) is 4.36. The Balaban J connectivity index is 0.00000320. The number of rotatable bonds is 7. The largest absolute Gasteiger partial charge is 0.355 e. The molecule has 2 heterocycles. The van der Waals surface area contributed by atoms with Gasteiger partial charge < -0.3 is 10.6 Å². The maximum atomic E-state index is 10.7. The fourth-order valence-corrected chi connectivity index (χ4v) is 3.00. The van der Waals surface area contributed by atoms with Crippen LogP contribution in [0.4, 0.5) is 5.69 Å². The second kappa shape index (κ2) is 10.7. The molecule has 0 aliphatic rings. The monoisotopic (exact) mass is 524 g/mol. The summed E-state index contributed by atoms with van der Waals surface area (Å²) in [7, 11) is 1.70. The van der Waals surface area contributed by atoms with Crippen LogP contribution in [0.25, 0.3) is 5.69 Å². The molecule has 160 valence electrons. The molecule has 0 aliphatic heterocycles. The van der Waals surface area contributed by atoms with Crippen molar-refractivity contribution in [3.63, 3.8) is 0 Å². The van der Waals surface area contributed by atoms with Gasteiger partial charge in [-0.05, 0) is 31.5 Å². The van der Waals surface area contributed by atoms with Gasteiger partial charge in [-0.15, -0.1) is 24.0 Å². The number of hydrogen-bond acceptors (Lipinski definition) is 5. The Bertz CT molecular complexity index is 1030. The minimum Gasteiger partial charge on any atom is -0.355 e. The normalized spacial score (nSPS) is 11.1. The molecule has 3 rings (SSSR count). The summed E-state index contributed by atoms with van der Waals surface area (Å²) >= 11 is 0. The quantitative estimate of drug-likeness (QED) is 0.162. The zero-order chi connectivity index (χ0) is 20.8. The molecule has 0 amide bonds. The van der Waals surface area contributed by atoms with Crippen LogP contribution in [0.1, 0.15) is 17.0 Å². The number of nitro groups is 1. The first-order chi connectivity index (χ1) is 14.0. The second-order valence-electron chi connectivity index (χ2n) is 6.54. The van der Waals surface area contributed by atoms with Crippen LogP contribution in [0.3, 0.4) is 0 Å². The Kier molecular flexibility index (Phi) is 8.33. The zero-order valence-electron chi connectivity index (χ0n) is 17.1. The third kappa shape index (κ3) is 5.78. The van der Waals surface area contributed by atoms with Gasteiger partial charge in [0.2, 0.25) is 0 Å². The Morgan fingerprint density at radius 1 is 1.27 bits per heavy atom. The van der Waals surface area contributed by atoms with Crippen LogP contribution < -0.4 is 10.6 Å². The van der Waals surface area contributed by atoms with Crippen molar-refractivity contribution in [1.29, 1.82) is 0 Å². The minimum atomic E-state index is -0.461. The van der Waals surface area contributed by atoms with E-state index >= 15 is 0 Å². The maximum absolute atomic E-state index is 10.7. The van der Waals surface area contributed by atoms with Gasteiger partial charge in [0.25, 0.3) is 0 Å². The molecule has 0 spiro atoms. The second-order valence-corrected chi connectivity index (χ2v) is 6.54. The summed E-state index contributed by atoms with van der Waals surface area (Å²) < 4.78 is 3.46. The van der Waals surface area contributed by atoms with Crippen LogP contribution in [0.15, 0.2) is 47.7 Å². The highest BCUT2D eigenvalue weighted by Crippen LogP contribution is 2.16. The summed E-state index contributed by atoms with van der Waals surface area (Å²) in [6, 6.07) is 10.1. The first-order valence-corrected chi connectivity index (χ1v) is 9.21. The van der Waals surface area contributed by atoms with Crippen LogP contribution in [0.5, 0.6) is 0 Å². The topological polar surface area (TPSA) is 115 Å². The van der Waals surface area contributed by atoms with Crippen molar-refractivity contribution >= 4 is 35.6 Å². The summed E-state index contributed by atoms with van der Waals surface area (Å²) in [5.74, 6) is 0.634. The number of hydrogen-bond donors (Lipinski definition) is 2. The number of benzene rings is 1. The number of nitrogens with zero attached hydrogens (tertiary/aromatic N) is 6. The van der Waals surface area contributed by atoms with E-state index in [0.717, 1.165) is 22.6 Å². The summed E-state index contributed by atoms with van der Waals surface area (Å²) in [4.78, 5) is 14.5. The highest BCUT2D eigenvalue weighted by molar-refractivity contribution is 14.0. The van der Waals surface area contributed by atoms with Crippen LogP contribution in [-0.2, 0) is 13.1 Å². The number of guanidine groups is 1. The Labute approximate surface area is 191 Å². The van der Waals surface area contributed by atoms with Gasteiger partial charge in [-0.3, -0.25) is 19.8 Å². The summed E-state index contributed by atoms with van der Waals surface area (Å²) in [6.45, 7) is 5.59. The lowest BCUT2D eigenvalue weighted by atomic mass is 10.1. The number of aliphatic imine (C=N–C) groups is 1. The Morgan fingerprint density at radius 2 is 2.03 bits per heavy atom. The van der Waals surface area contributed by atoms with E-state index in [-0.39, 0.29) is 29.7 Å². The predicted octanol–water partition coefficient (Wildman–Crippen LogP) is 2.58. The molecule has 2 N–H and O–H groups in total. The lowest BCUT2D eigenvalue weighted by Crippen LogP contribution is -2.38. The van der Waals surface area contributed by atoms with Gasteiger partial charge in [-0.2, -0.15) is 10.2 Å². The standard InChI is InChI=1S/C19H24N8O2.HI/c1-14-10-15(2)26(24-14)18-7-5-4-6-16(18)11-22-19(20-3)21-8-9-25-13-17(12-23-25)27(28)29;/h4-7,10,12-13H,8-9,11H2,1-3H3,(H2,20,21,22);1H. The lowest BCUT2D eigenvalue weighted by molar-refractivity contribution is -0.385. The van der Waals surface area contributed by atoms with Crippen molar-refractivity contribution in [3.05, 3.63) is 69.8 Å². The van der Waals surface area contributed by atoms with Gasteiger partial charge in [0.15, 0.2) is 5.96 Å². The molecule has 11 heteroatoms. The molecule has 0 radical (unpaired) electrons. The Hall–Kier alpha value is -2.96. The van der Waals surface area contributed by atoms with Gasteiger partial charge in [0.05, 0.1) is 22.8 Å². The number of nitrogens with one attached hydrogen (secondary N) is 2. The van der Waals surface area contributed by atoms with Gasteiger partial charge >= 0.3 is 5.69 Å². The highest BCUT2D eigenvalue weighted by Gasteiger charge is 2.10. The van der Waals surface area contributed by atoms with Crippen molar-refractivity contribution in [1.82, 2.24) is 30.2 Å². The molecule has 0 atom stereocenters. The fourth-order valence-electron chi connectivity index (χ4n) is 3.00. The van der Waals surface area contributed by atoms with Gasteiger partial charge in [0, 0.05) is 25.8 Å². The van der Waals surface area contributed by atoms with E-state index in [9.17, 15) is 10.1 Å². The summed E-state index contributed by atoms with van der Waals surface area (Å²) in [5, 5.41) is 25.7. The van der Waals surface area contributed by atoms with E-state index in [1.165, 1.54) is 17.1 Å². The molecule has 0 saturated carbocycles. The fraction of sp³-hybridized carbons (Fsp3) is 0.316. The SMILES string of the molecule is CN=C(NCCn1cc([N+](=O)[O-])cn1)NCc1ccccc1-n1nc(C)cc1C.I. The average Bonchev–Trinajstić information content (AvgIpc) is 3.31. The smallest absolute Gasteiger partial charge is 0.306 e. The van der Waals surface area contributed by atoms with Crippen molar-refractivity contribution in [2.24, 2.45) is 4.99 Å². The molecular weight excluding hydrogens is 499 g/mol. The molecule has 1 aromatic carbocycles. The molecule has 0 saturated heterocycles. The number of aryl methyl sites for hydroxylation is 2. The lowest BCUT2D eigenvalue weighted by Gasteiger charge is -2.15. The van der Waals surface area contributed by atoms with E-state index in [1.807, 2.05) is 42.8 Å². The van der Waals surface area contributed by atoms with E-state index in [0.29, 0.717) is 25.6 Å². The van der Waals surface area contributed by atoms with Gasteiger partial charge in [0.1, 0.15) is 12.4 Å².